The molecule has 15 heavy (non-hydrogen) atoms. The van der Waals surface area contributed by atoms with Gasteiger partial charge in [0, 0.05) is 6.20 Å². The fourth-order valence-electron chi connectivity index (χ4n) is 0.775. The second kappa shape index (κ2) is 3.94. The highest BCUT2D eigenvalue weighted by Crippen LogP contribution is 2.36. The molecular weight excluding hydrogens is 279 g/mol. The smallest absolute Gasteiger partial charge is 0.401 e. The van der Waals surface area contributed by atoms with E-state index in [1.807, 2.05) is 0 Å². The lowest BCUT2D eigenvalue weighted by Gasteiger charge is -2.12. The summed E-state index contributed by atoms with van der Waals surface area (Å²) >= 11 is 2.78. The summed E-state index contributed by atoms with van der Waals surface area (Å²) < 4.78 is 39.2. The first kappa shape index (κ1) is 11.6. The molecular formula is C7H3BrF3N3O. The third kappa shape index (κ3) is 2.73. The molecule has 1 rings (SSSR count). The van der Waals surface area contributed by atoms with Gasteiger partial charge in [0.05, 0.1) is 10.0 Å². The van der Waals surface area contributed by atoms with Gasteiger partial charge in [-0.05, 0) is 15.9 Å². The first-order valence-electron chi connectivity index (χ1n) is 3.45. The molecule has 2 N–H and O–H groups in total. The van der Waals surface area contributed by atoms with Crippen molar-refractivity contribution in [2.24, 2.45) is 0 Å². The first-order valence-corrected chi connectivity index (χ1v) is 4.24. The van der Waals surface area contributed by atoms with E-state index >= 15 is 0 Å². The summed E-state index contributed by atoms with van der Waals surface area (Å²) in [6.45, 7) is 0. The molecule has 0 aliphatic heterocycles. The minimum absolute atomic E-state index is 0.0940. The Bertz CT molecular complexity index is 427. The summed E-state index contributed by atoms with van der Waals surface area (Å²) in [7, 11) is 0. The van der Waals surface area contributed by atoms with Crippen LogP contribution in [0.15, 0.2) is 10.7 Å². The molecule has 0 radical (unpaired) electrons. The van der Waals surface area contributed by atoms with Gasteiger partial charge in [-0.15, -0.1) is 13.2 Å². The molecule has 0 bridgehead atoms. The molecule has 1 aromatic heterocycles. The molecule has 0 unspecified atom stereocenters. The minimum Gasteiger partial charge on any atom is -0.401 e. The Kier molecular flexibility index (Phi) is 3.04. The highest BCUT2D eigenvalue weighted by atomic mass is 79.9. The van der Waals surface area contributed by atoms with Crippen LogP contribution in [0.2, 0.25) is 0 Å². The van der Waals surface area contributed by atoms with Crippen molar-refractivity contribution in [2.45, 2.75) is 6.36 Å². The van der Waals surface area contributed by atoms with E-state index in [2.05, 4.69) is 25.7 Å². The van der Waals surface area contributed by atoms with Crippen molar-refractivity contribution in [1.82, 2.24) is 4.98 Å². The van der Waals surface area contributed by atoms with E-state index < -0.39 is 17.9 Å². The van der Waals surface area contributed by atoms with Crippen LogP contribution in [0.5, 0.6) is 5.75 Å². The second-order valence-corrected chi connectivity index (χ2v) is 3.15. The molecule has 1 aromatic rings. The summed E-state index contributed by atoms with van der Waals surface area (Å²) in [6.07, 6.45) is -3.84. The van der Waals surface area contributed by atoms with Crippen molar-refractivity contribution in [2.75, 3.05) is 5.73 Å². The van der Waals surface area contributed by atoms with Gasteiger partial charge in [0.2, 0.25) is 0 Å². The maximum atomic E-state index is 11.9. The molecule has 0 atom stereocenters. The fraction of sp³-hybridized carbons (Fsp3) is 0.143. The molecule has 0 amide bonds. The number of hydrogen-bond acceptors (Lipinski definition) is 4. The monoisotopic (exact) mass is 281 g/mol. The van der Waals surface area contributed by atoms with Gasteiger partial charge in [-0.1, -0.05) is 0 Å². The molecule has 0 aliphatic carbocycles. The SMILES string of the molecule is N#Cc1cnc(N)c(OC(F)(F)F)c1Br. The van der Waals surface area contributed by atoms with Gasteiger partial charge in [0.1, 0.15) is 6.07 Å². The predicted octanol–water partition coefficient (Wildman–Crippen LogP) is 2.20. The number of pyridine rings is 1. The summed E-state index contributed by atoms with van der Waals surface area (Å²) in [5.74, 6) is -1.15. The van der Waals surface area contributed by atoms with Crippen LogP contribution >= 0.6 is 15.9 Å². The quantitative estimate of drug-likeness (QED) is 0.857. The Morgan fingerprint density at radius 3 is 2.60 bits per heavy atom. The Balaban J connectivity index is 3.23. The van der Waals surface area contributed by atoms with Crippen LogP contribution in [0, 0.1) is 11.3 Å². The molecule has 0 aliphatic rings. The van der Waals surface area contributed by atoms with Gasteiger partial charge in [-0.3, -0.25) is 0 Å². The Morgan fingerprint density at radius 1 is 1.53 bits per heavy atom. The molecule has 8 heteroatoms. The maximum Gasteiger partial charge on any atom is 0.573 e. The normalized spacial score (nSPS) is 10.9. The summed E-state index contributed by atoms with van der Waals surface area (Å²) in [5, 5.41) is 8.53. The predicted molar refractivity (Wildman–Crippen MR) is 47.7 cm³/mol. The van der Waals surface area contributed by atoms with Gasteiger partial charge >= 0.3 is 6.36 Å². The molecule has 1 heterocycles. The lowest BCUT2D eigenvalue weighted by Crippen LogP contribution is -2.19. The number of anilines is 1. The van der Waals surface area contributed by atoms with Crippen molar-refractivity contribution in [3.8, 4) is 11.8 Å². The number of nitrogens with zero attached hydrogens (tertiary/aromatic N) is 2. The van der Waals surface area contributed by atoms with Crippen molar-refractivity contribution in [3.05, 3.63) is 16.2 Å². The van der Waals surface area contributed by atoms with Crippen LogP contribution in [-0.4, -0.2) is 11.3 Å². The van der Waals surface area contributed by atoms with Crippen LogP contribution in [0.4, 0.5) is 19.0 Å². The number of nitriles is 1. The number of nitrogens with two attached hydrogens (primary N) is 1. The number of nitrogen functional groups attached to an aromatic ring is 1. The third-order valence-corrected chi connectivity index (χ3v) is 2.13. The molecule has 4 nitrogen and oxygen atoms in total. The molecule has 0 spiro atoms. The van der Waals surface area contributed by atoms with E-state index in [0.717, 1.165) is 6.20 Å². The van der Waals surface area contributed by atoms with Crippen LogP contribution in [0.25, 0.3) is 0 Å². The summed E-state index contributed by atoms with van der Waals surface area (Å²) in [4.78, 5) is 3.40. The minimum atomic E-state index is -4.88. The Labute approximate surface area is 90.6 Å². The number of hydrogen-bond donors (Lipinski definition) is 1. The summed E-state index contributed by atoms with van der Waals surface area (Å²) in [6, 6.07) is 1.64. The van der Waals surface area contributed by atoms with Gasteiger partial charge in [-0.25, -0.2) is 4.98 Å². The van der Waals surface area contributed by atoms with E-state index in [4.69, 9.17) is 11.0 Å². The van der Waals surface area contributed by atoms with Crippen molar-refractivity contribution in [3.63, 3.8) is 0 Å². The van der Waals surface area contributed by atoms with Gasteiger partial charge in [0.25, 0.3) is 0 Å². The van der Waals surface area contributed by atoms with E-state index in [1.54, 1.807) is 6.07 Å². The second-order valence-electron chi connectivity index (χ2n) is 2.36. The van der Waals surface area contributed by atoms with E-state index in [0.29, 0.717) is 0 Å². The van der Waals surface area contributed by atoms with Crippen LogP contribution in [0.3, 0.4) is 0 Å². The molecule has 0 saturated carbocycles. The first-order chi connectivity index (χ1) is 6.85. The highest BCUT2D eigenvalue weighted by molar-refractivity contribution is 9.10. The van der Waals surface area contributed by atoms with E-state index in [9.17, 15) is 13.2 Å². The standard InChI is InChI=1S/C7H3BrF3N3O/c8-4-3(1-12)2-14-6(13)5(4)15-7(9,10)11/h2H,(H2,13,14). The fourth-order valence-corrected chi connectivity index (χ4v) is 1.25. The molecule has 80 valence electrons. The van der Waals surface area contributed by atoms with Crippen LogP contribution in [0.1, 0.15) is 5.56 Å². The zero-order valence-corrected chi connectivity index (χ0v) is 8.56. The molecule has 0 fully saturated rings. The van der Waals surface area contributed by atoms with Crippen molar-refractivity contribution >= 4 is 21.7 Å². The third-order valence-electron chi connectivity index (χ3n) is 1.34. The van der Waals surface area contributed by atoms with Gasteiger partial charge < -0.3 is 10.5 Å². The lowest BCUT2D eigenvalue weighted by molar-refractivity contribution is -0.274. The zero-order chi connectivity index (χ0) is 11.6. The van der Waals surface area contributed by atoms with Gasteiger partial charge in [-0.2, -0.15) is 5.26 Å². The number of aromatic nitrogens is 1. The van der Waals surface area contributed by atoms with Crippen LogP contribution < -0.4 is 10.5 Å². The highest BCUT2D eigenvalue weighted by Gasteiger charge is 2.33. The van der Waals surface area contributed by atoms with Crippen molar-refractivity contribution < 1.29 is 17.9 Å². The maximum absolute atomic E-state index is 11.9. The van der Waals surface area contributed by atoms with Crippen LogP contribution in [-0.2, 0) is 0 Å². The number of alkyl halides is 3. The lowest BCUT2D eigenvalue weighted by atomic mass is 10.3. The number of rotatable bonds is 1. The zero-order valence-electron chi connectivity index (χ0n) is 6.97. The molecule has 0 aromatic carbocycles. The topological polar surface area (TPSA) is 71.9 Å². The van der Waals surface area contributed by atoms with E-state index in [1.165, 1.54) is 0 Å². The summed E-state index contributed by atoms with van der Waals surface area (Å²) in [5.41, 5.74) is 5.08. The number of ether oxygens (including phenoxy) is 1. The largest absolute Gasteiger partial charge is 0.573 e. The average molecular weight is 282 g/mol. The average Bonchev–Trinajstić information content (AvgIpc) is 2.11. The van der Waals surface area contributed by atoms with Crippen molar-refractivity contribution in [1.29, 1.82) is 5.26 Å². The number of halogens is 4. The van der Waals surface area contributed by atoms with E-state index in [-0.39, 0.29) is 10.0 Å². The van der Waals surface area contributed by atoms with Gasteiger partial charge in [0.15, 0.2) is 11.6 Å². The Morgan fingerprint density at radius 2 is 2.13 bits per heavy atom. The Hall–Kier alpha value is -1.49. The molecule has 0 saturated heterocycles.